The molecule has 0 bridgehead atoms. The molecule has 0 fully saturated rings. The maximum atomic E-state index is 12.9. The molecule has 0 heterocycles. The van der Waals surface area contributed by atoms with Gasteiger partial charge in [-0.15, -0.1) is 0 Å². The van der Waals surface area contributed by atoms with Crippen molar-refractivity contribution in [2.75, 3.05) is 27.2 Å². The molecular weight excluding hydrogens is 562 g/mol. The Morgan fingerprint density at radius 2 is 1.02 bits per heavy atom. The number of ether oxygens (including phenoxy) is 1. The van der Waals surface area contributed by atoms with Crippen LogP contribution in [0, 0.1) is 11.8 Å². The molecule has 3 heteroatoms. The van der Waals surface area contributed by atoms with Crippen LogP contribution in [0.3, 0.4) is 0 Å². The van der Waals surface area contributed by atoms with E-state index in [1.54, 1.807) is 0 Å². The Kier molecular flexibility index (Phi) is 35.4. The Morgan fingerprint density at radius 3 is 1.57 bits per heavy atom. The van der Waals surface area contributed by atoms with Crippen LogP contribution in [-0.2, 0) is 9.53 Å². The second-order valence-electron chi connectivity index (χ2n) is 14.4. The molecule has 0 spiro atoms. The number of hydrogen-bond donors (Lipinski definition) is 0. The van der Waals surface area contributed by atoms with Gasteiger partial charge in [0.1, 0.15) is 0 Å². The lowest BCUT2D eigenvalue weighted by Crippen LogP contribution is -2.21. The van der Waals surface area contributed by atoms with Gasteiger partial charge in [-0.1, -0.05) is 160 Å². The first-order valence-corrected chi connectivity index (χ1v) is 20.3. The van der Waals surface area contributed by atoms with Crippen molar-refractivity contribution in [3.05, 3.63) is 36.5 Å². The largest absolute Gasteiger partial charge is 0.465 e. The van der Waals surface area contributed by atoms with Crippen LogP contribution in [0.1, 0.15) is 194 Å². The van der Waals surface area contributed by atoms with Crippen molar-refractivity contribution >= 4 is 5.97 Å². The quantitative estimate of drug-likeness (QED) is 0.0391. The number of unbranched alkanes of at least 4 members (excludes halogenated alkanes) is 17. The Labute approximate surface area is 289 Å². The first kappa shape index (κ1) is 44.6. The fourth-order valence-corrected chi connectivity index (χ4v) is 6.10. The third-order valence-electron chi connectivity index (χ3n) is 9.26. The molecule has 2 unspecified atom stereocenters. The zero-order chi connectivity index (χ0) is 33.8. The Hall–Kier alpha value is -1.35. The van der Waals surface area contributed by atoms with Crippen molar-refractivity contribution in [3.8, 4) is 0 Å². The maximum absolute atomic E-state index is 12.9. The van der Waals surface area contributed by atoms with Gasteiger partial charge in [-0.25, -0.2) is 0 Å². The van der Waals surface area contributed by atoms with Crippen LogP contribution in [0.2, 0.25) is 0 Å². The fraction of sp³-hybridized carbons (Fsp3) is 0.837. The highest BCUT2D eigenvalue weighted by Gasteiger charge is 2.19. The molecule has 0 aromatic carbocycles. The van der Waals surface area contributed by atoms with E-state index in [4.69, 9.17) is 4.74 Å². The number of esters is 1. The molecule has 3 nitrogen and oxygen atoms in total. The first-order chi connectivity index (χ1) is 22.5. The van der Waals surface area contributed by atoms with Crippen molar-refractivity contribution < 1.29 is 9.53 Å². The molecule has 0 saturated heterocycles. The molecule has 0 amide bonds. The summed E-state index contributed by atoms with van der Waals surface area (Å²) in [6, 6.07) is 0. The summed E-state index contributed by atoms with van der Waals surface area (Å²) in [5.74, 6) is 0.995. The molecule has 0 radical (unpaired) electrons. The van der Waals surface area contributed by atoms with Gasteiger partial charge >= 0.3 is 5.97 Å². The summed E-state index contributed by atoms with van der Waals surface area (Å²) in [7, 11) is 4.15. The first-order valence-electron chi connectivity index (χ1n) is 20.3. The van der Waals surface area contributed by atoms with Gasteiger partial charge in [0.05, 0.1) is 12.5 Å². The molecule has 0 aromatic heterocycles. The van der Waals surface area contributed by atoms with Crippen molar-refractivity contribution in [2.45, 2.75) is 194 Å². The van der Waals surface area contributed by atoms with Crippen molar-refractivity contribution in [1.82, 2.24) is 4.90 Å². The van der Waals surface area contributed by atoms with Crippen LogP contribution in [0.5, 0.6) is 0 Å². The van der Waals surface area contributed by atoms with Crippen LogP contribution in [0.15, 0.2) is 36.5 Å². The van der Waals surface area contributed by atoms with E-state index in [0.29, 0.717) is 6.61 Å². The molecule has 0 rings (SSSR count). The highest BCUT2D eigenvalue weighted by Crippen LogP contribution is 2.21. The number of carbonyl (C=O) groups excluding carboxylic acids is 1. The van der Waals surface area contributed by atoms with E-state index in [2.05, 4.69) is 76.2 Å². The van der Waals surface area contributed by atoms with E-state index in [1.165, 1.54) is 135 Å². The summed E-state index contributed by atoms with van der Waals surface area (Å²) < 4.78 is 5.73. The normalized spacial score (nSPS) is 13.5. The number of hydrogen-bond acceptors (Lipinski definition) is 3. The second kappa shape index (κ2) is 36.5. The van der Waals surface area contributed by atoms with Gasteiger partial charge in [0, 0.05) is 6.54 Å². The minimum absolute atomic E-state index is 0.0628. The molecule has 46 heavy (non-hydrogen) atoms. The van der Waals surface area contributed by atoms with Crippen LogP contribution in [0.4, 0.5) is 0 Å². The summed E-state index contributed by atoms with van der Waals surface area (Å²) >= 11 is 0. The monoisotopic (exact) mass is 644 g/mol. The van der Waals surface area contributed by atoms with Crippen molar-refractivity contribution in [2.24, 2.45) is 11.8 Å². The maximum Gasteiger partial charge on any atom is 0.308 e. The number of allylic oxidation sites excluding steroid dienone is 6. The van der Waals surface area contributed by atoms with Crippen molar-refractivity contribution in [3.63, 3.8) is 0 Å². The lowest BCUT2D eigenvalue weighted by molar-refractivity contribution is -0.149. The highest BCUT2D eigenvalue weighted by molar-refractivity contribution is 5.72. The summed E-state index contributed by atoms with van der Waals surface area (Å²) in [6.07, 6.45) is 47.9. The predicted octanol–water partition coefficient (Wildman–Crippen LogP) is 13.6. The molecule has 0 aliphatic rings. The second-order valence-corrected chi connectivity index (χ2v) is 14.4. The summed E-state index contributed by atoms with van der Waals surface area (Å²) in [5, 5.41) is 0. The van der Waals surface area contributed by atoms with Gasteiger partial charge in [0.15, 0.2) is 0 Å². The van der Waals surface area contributed by atoms with E-state index >= 15 is 0 Å². The van der Waals surface area contributed by atoms with Gasteiger partial charge in [-0.2, -0.15) is 0 Å². The molecule has 2 atom stereocenters. The van der Waals surface area contributed by atoms with E-state index in [-0.39, 0.29) is 11.9 Å². The SMILES string of the molecule is CCCCC/C=C\C/C=C\CCCCCCCCC(CCCCCCCC/C=C\CC(C)CCCCC)C(=O)OCCCN(C)C. The summed E-state index contributed by atoms with van der Waals surface area (Å²) in [5.41, 5.74) is 0. The average Bonchev–Trinajstić information content (AvgIpc) is 3.04. The average molecular weight is 644 g/mol. The minimum Gasteiger partial charge on any atom is -0.465 e. The Bertz CT molecular complexity index is 710. The molecule has 0 saturated carbocycles. The van der Waals surface area contributed by atoms with Gasteiger partial charge in [0.25, 0.3) is 0 Å². The topological polar surface area (TPSA) is 29.5 Å². The van der Waals surface area contributed by atoms with Gasteiger partial charge in [-0.3, -0.25) is 4.79 Å². The smallest absolute Gasteiger partial charge is 0.308 e. The summed E-state index contributed by atoms with van der Waals surface area (Å²) in [4.78, 5) is 15.1. The summed E-state index contributed by atoms with van der Waals surface area (Å²) in [6.45, 7) is 8.47. The number of nitrogens with zero attached hydrogens (tertiary/aromatic N) is 1. The fourth-order valence-electron chi connectivity index (χ4n) is 6.10. The standard InChI is InChI=1S/C43H81NO2/c1-6-8-10-11-12-13-14-15-16-17-18-19-22-25-28-32-37-42(43(45)46-40-34-39-44(4)5)38-33-29-26-23-20-21-24-27-31-36-41(3)35-30-9-7-2/h12-13,15-16,27,31,41-42H,6-11,14,17-26,28-30,32-40H2,1-5H3/b13-12-,16-15-,31-27-. The van der Waals surface area contributed by atoms with E-state index in [0.717, 1.165) is 51.0 Å². The Morgan fingerprint density at radius 1 is 0.565 bits per heavy atom. The van der Waals surface area contributed by atoms with Crippen LogP contribution < -0.4 is 0 Å². The molecular formula is C43H81NO2. The van der Waals surface area contributed by atoms with Crippen molar-refractivity contribution in [1.29, 1.82) is 0 Å². The van der Waals surface area contributed by atoms with E-state index in [9.17, 15) is 4.79 Å². The molecule has 270 valence electrons. The molecule has 0 aliphatic heterocycles. The predicted molar refractivity (Wildman–Crippen MR) is 206 cm³/mol. The molecule has 0 aromatic rings. The lowest BCUT2D eigenvalue weighted by Gasteiger charge is -2.17. The van der Waals surface area contributed by atoms with E-state index in [1.807, 2.05) is 0 Å². The number of rotatable bonds is 35. The van der Waals surface area contributed by atoms with Crippen LogP contribution in [0.25, 0.3) is 0 Å². The van der Waals surface area contributed by atoms with Crippen LogP contribution >= 0.6 is 0 Å². The third-order valence-corrected chi connectivity index (χ3v) is 9.26. The van der Waals surface area contributed by atoms with Crippen LogP contribution in [-0.4, -0.2) is 38.1 Å². The van der Waals surface area contributed by atoms with Gasteiger partial charge in [-0.05, 0) is 90.6 Å². The molecule has 0 aliphatic carbocycles. The zero-order valence-electron chi connectivity index (χ0n) is 31.9. The van der Waals surface area contributed by atoms with E-state index < -0.39 is 0 Å². The molecule has 0 N–H and O–H groups in total. The minimum atomic E-state index is 0.0628. The third kappa shape index (κ3) is 34.0. The lowest BCUT2D eigenvalue weighted by atomic mass is 9.94. The van der Waals surface area contributed by atoms with Gasteiger partial charge in [0.2, 0.25) is 0 Å². The van der Waals surface area contributed by atoms with Gasteiger partial charge < -0.3 is 9.64 Å². The number of carbonyl (C=O) groups is 1. The Balaban J connectivity index is 4.05. The zero-order valence-corrected chi connectivity index (χ0v) is 31.9. The highest BCUT2D eigenvalue weighted by atomic mass is 16.5.